The Hall–Kier alpha value is -1.18. The van der Waals surface area contributed by atoms with E-state index in [0.29, 0.717) is 13.1 Å². The van der Waals surface area contributed by atoms with Gasteiger partial charge in [-0.25, -0.2) is 0 Å². The molecule has 0 spiro atoms. The van der Waals surface area contributed by atoms with E-state index < -0.39 is 23.5 Å². The van der Waals surface area contributed by atoms with Crippen LogP contribution in [0.5, 0.6) is 0 Å². The fourth-order valence-electron chi connectivity index (χ4n) is 2.27. The Morgan fingerprint density at radius 2 is 1.23 bits per heavy atom. The smallest absolute Gasteiger partial charge is 0.341 e. The Kier molecular flexibility index (Phi) is 6.34. The lowest BCUT2D eigenvalue weighted by Gasteiger charge is -2.21. The van der Waals surface area contributed by atoms with Crippen LogP contribution >= 0.6 is 0 Å². The first kappa shape index (κ1) is 18.9. The van der Waals surface area contributed by atoms with Gasteiger partial charge in [0.25, 0.3) is 0 Å². The molecule has 0 radical (unpaired) electrons. The van der Waals surface area contributed by atoms with E-state index in [-0.39, 0.29) is 18.9 Å². The second kappa shape index (κ2) is 7.39. The minimum Gasteiger partial charge on any atom is -0.341 e. The number of benzene rings is 1. The Morgan fingerprint density at radius 3 is 1.55 bits per heavy atom. The predicted octanol–water partition coefficient (Wildman–Crippen LogP) is 3.82. The molecule has 0 atom stereocenters. The first-order valence-corrected chi connectivity index (χ1v) is 7.08. The van der Waals surface area contributed by atoms with Crippen molar-refractivity contribution in [3.63, 3.8) is 0 Å². The number of hydrogen-bond donors (Lipinski definition) is 0. The molecule has 22 heavy (non-hydrogen) atoms. The third-order valence-corrected chi connectivity index (χ3v) is 3.13. The Morgan fingerprint density at radius 1 is 0.818 bits per heavy atom. The zero-order valence-corrected chi connectivity index (χ0v) is 12.5. The largest absolute Gasteiger partial charge is 0.416 e. The van der Waals surface area contributed by atoms with Crippen LogP contribution in [0.4, 0.5) is 26.3 Å². The van der Waals surface area contributed by atoms with E-state index in [2.05, 4.69) is 0 Å². The van der Waals surface area contributed by atoms with E-state index >= 15 is 0 Å². The highest BCUT2D eigenvalue weighted by Crippen LogP contribution is 2.34. The van der Waals surface area contributed by atoms with Gasteiger partial charge in [0, 0.05) is 0 Å². The summed E-state index contributed by atoms with van der Waals surface area (Å²) in [6.45, 7) is 5.09. The van der Waals surface area contributed by atoms with Crippen LogP contribution < -0.4 is 5.46 Å². The van der Waals surface area contributed by atoms with Crippen LogP contribution in [0.1, 0.15) is 37.8 Å². The molecular formula is C14H18BF6N. The van der Waals surface area contributed by atoms with Crippen molar-refractivity contribution in [1.29, 1.82) is 0 Å². The summed E-state index contributed by atoms with van der Waals surface area (Å²) in [4.78, 5) is 1.86. The summed E-state index contributed by atoms with van der Waals surface area (Å²) in [6.07, 6.45) is -8.02. The Labute approximate surface area is 126 Å². The van der Waals surface area contributed by atoms with Crippen LogP contribution in [0.3, 0.4) is 0 Å². The molecule has 0 heterocycles. The third kappa shape index (κ3) is 5.55. The summed E-state index contributed by atoms with van der Waals surface area (Å²) in [6, 6.07) is 1.76. The van der Waals surface area contributed by atoms with Crippen molar-refractivity contribution in [1.82, 2.24) is 4.81 Å². The average Bonchev–Trinajstić information content (AvgIpc) is 2.37. The van der Waals surface area contributed by atoms with E-state index in [0.717, 1.165) is 25.0 Å². The molecule has 0 aromatic heterocycles. The van der Waals surface area contributed by atoms with E-state index in [4.69, 9.17) is 0 Å². The summed E-state index contributed by atoms with van der Waals surface area (Å²) in [5, 5.41) is 0. The summed E-state index contributed by atoms with van der Waals surface area (Å²) < 4.78 is 76.7. The number of nitrogens with zero attached hydrogens (tertiary/aromatic N) is 1. The lowest BCUT2D eigenvalue weighted by Crippen LogP contribution is -2.38. The number of rotatable bonds is 6. The molecule has 8 heteroatoms. The summed E-state index contributed by atoms with van der Waals surface area (Å²) >= 11 is 0. The van der Waals surface area contributed by atoms with Gasteiger partial charge in [-0.2, -0.15) is 26.3 Å². The number of halogens is 6. The van der Waals surface area contributed by atoms with Gasteiger partial charge in [-0.05, 0) is 32.0 Å². The van der Waals surface area contributed by atoms with Crippen LogP contribution in [0.15, 0.2) is 18.2 Å². The molecule has 0 aliphatic heterocycles. The van der Waals surface area contributed by atoms with Crippen molar-refractivity contribution in [3.05, 3.63) is 29.3 Å². The Balaban J connectivity index is 3.17. The zero-order chi connectivity index (χ0) is 17.0. The SMILES string of the molecule is CCCN(Bc1cc(C(F)(F)F)cc(C(F)(F)F)c1)CCC. The van der Waals surface area contributed by atoms with Gasteiger partial charge in [-0.3, -0.25) is 0 Å². The molecule has 0 fully saturated rings. The molecule has 1 nitrogen and oxygen atoms in total. The van der Waals surface area contributed by atoms with Gasteiger partial charge >= 0.3 is 12.4 Å². The molecule has 124 valence electrons. The van der Waals surface area contributed by atoms with Gasteiger partial charge in [-0.15, -0.1) is 0 Å². The van der Waals surface area contributed by atoms with E-state index in [1.165, 1.54) is 0 Å². The minimum absolute atomic E-state index is 0.0315. The van der Waals surface area contributed by atoms with Gasteiger partial charge in [0.15, 0.2) is 0 Å². The highest BCUT2D eigenvalue weighted by atomic mass is 19.4. The van der Waals surface area contributed by atoms with E-state index in [9.17, 15) is 26.3 Å². The van der Waals surface area contributed by atoms with Crippen molar-refractivity contribution in [3.8, 4) is 0 Å². The van der Waals surface area contributed by atoms with Crippen LogP contribution in [0.25, 0.3) is 0 Å². The first-order valence-electron chi connectivity index (χ1n) is 7.08. The van der Waals surface area contributed by atoms with E-state index in [1.54, 1.807) is 0 Å². The van der Waals surface area contributed by atoms with Gasteiger partial charge in [0.2, 0.25) is 7.41 Å². The Bertz CT molecular complexity index is 445. The van der Waals surface area contributed by atoms with Crippen molar-refractivity contribution >= 4 is 12.9 Å². The van der Waals surface area contributed by atoms with Gasteiger partial charge in [-0.1, -0.05) is 31.4 Å². The van der Waals surface area contributed by atoms with Crippen LogP contribution in [0.2, 0.25) is 0 Å². The summed E-state index contributed by atoms with van der Waals surface area (Å²) in [5.74, 6) is 0. The molecule has 0 amide bonds. The normalized spacial score (nSPS) is 12.8. The van der Waals surface area contributed by atoms with Crippen LogP contribution in [0, 0.1) is 0 Å². The summed E-state index contributed by atoms with van der Waals surface area (Å²) in [7, 11) is 0.0781. The average molecular weight is 325 g/mol. The molecular weight excluding hydrogens is 307 g/mol. The molecule has 0 aliphatic rings. The van der Waals surface area contributed by atoms with Crippen molar-refractivity contribution in [2.24, 2.45) is 0 Å². The van der Waals surface area contributed by atoms with Crippen molar-refractivity contribution in [2.45, 2.75) is 39.0 Å². The summed E-state index contributed by atoms with van der Waals surface area (Å²) in [5.41, 5.74) is -2.49. The maximum atomic E-state index is 12.8. The molecule has 1 aromatic carbocycles. The van der Waals surface area contributed by atoms with Crippen molar-refractivity contribution in [2.75, 3.05) is 13.1 Å². The molecule has 0 N–H and O–H groups in total. The number of hydrogen-bond acceptors (Lipinski definition) is 1. The highest BCUT2D eigenvalue weighted by molar-refractivity contribution is 6.50. The molecule has 0 saturated heterocycles. The van der Waals surface area contributed by atoms with E-state index in [1.807, 2.05) is 18.7 Å². The van der Waals surface area contributed by atoms with Gasteiger partial charge < -0.3 is 4.81 Å². The van der Waals surface area contributed by atoms with Gasteiger partial charge in [0.05, 0.1) is 11.1 Å². The molecule has 0 aliphatic carbocycles. The number of alkyl halides is 6. The quantitative estimate of drug-likeness (QED) is 0.568. The topological polar surface area (TPSA) is 3.24 Å². The third-order valence-electron chi connectivity index (χ3n) is 3.13. The lowest BCUT2D eigenvalue weighted by atomic mass is 9.78. The van der Waals surface area contributed by atoms with Crippen molar-refractivity contribution < 1.29 is 26.3 Å². The standard InChI is InChI=1S/C14H18BF6N/c1-3-5-22(6-4-2)15-12-8-10(13(16,17)18)7-11(9-12)14(19,20)21/h7-9,15H,3-6H2,1-2H3. The minimum atomic E-state index is -4.80. The van der Waals surface area contributed by atoms with Crippen LogP contribution in [-0.4, -0.2) is 25.3 Å². The molecule has 0 saturated carbocycles. The second-order valence-corrected chi connectivity index (χ2v) is 5.19. The maximum Gasteiger partial charge on any atom is 0.416 e. The van der Waals surface area contributed by atoms with Crippen LogP contribution in [-0.2, 0) is 12.4 Å². The van der Waals surface area contributed by atoms with Gasteiger partial charge in [0.1, 0.15) is 0 Å². The molecule has 0 unspecified atom stereocenters. The zero-order valence-electron chi connectivity index (χ0n) is 12.5. The monoisotopic (exact) mass is 325 g/mol. The fourth-order valence-corrected chi connectivity index (χ4v) is 2.27. The molecule has 1 rings (SSSR count). The predicted molar refractivity (Wildman–Crippen MR) is 75.4 cm³/mol. The molecule has 0 bridgehead atoms. The maximum absolute atomic E-state index is 12.8. The highest BCUT2D eigenvalue weighted by Gasteiger charge is 2.36. The lowest BCUT2D eigenvalue weighted by molar-refractivity contribution is -0.142. The first-order chi connectivity index (χ1) is 10.1. The molecule has 1 aromatic rings. The second-order valence-electron chi connectivity index (χ2n) is 5.19. The fraction of sp³-hybridized carbons (Fsp3) is 0.571.